The summed E-state index contributed by atoms with van der Waals surface area (Å²) in [4.78, 5) is 49.1. The van der Waals surface area contributed by atoms with Gasteiger partial charge < -0.3 is 29.3 Å². The lowest BCUT2D eigenvalue weighted by Crippen LogP contribution is -2.57. The van der Waals surface area contributed by atoms with E-state index in [-0.39, 0.29) is 24.3 Å². The zero-order valence-corrected chi connectivity index (χ0v) is 26.6. The third kappa shape index (κ3) is 5.64. The predicted molar refractivity (Wildman–Crippen MR) is 178 cm³/mol. The number of hydrogen-bond donors (Lipinski definition) is 1. The first-order chi connectivity index (χ1) is 22.9. The molecule has 2 bridgehead atoms. The van der Waals surface area contributed by atoms with Crippen LogP contribution in [0.4, 0.5) is 5.69 Å². The number of aliphatic hydroxyl groups excluding tert-OH is 1. The maximum absolute atomic E-state index is 15.0. The van der Waals surface area contributed by atoms with Crippen LogP contribution in [-0.4, -0.2) is 77.2 Å². The van der Waals surface area contributed by atoms with Crippen LogP contribution in [0.3, 0.4) is 0 Å². The first-order valence-corrected chi connectivity index (χ1v) is 16.0. The van der Waals surface area contributed by atoms with Crippen molar-refractivity contribution in [2.75, 3.05) is 31.7 Å². The minimum absolute atomic E-state index is 0.176. The van der Waals surface area contributed by atoms with Gasteiger partial charge in [-0.25, -0.2) is 0 Å². The van der Waals surface area contributed by atoms with Crippen LogP contribution in [0.25, 0.3) is 0 Å². The molecule has 3 aromatic rings. The highest BCUT2D eigenvalue weighted by molar-refractivity contribution is 6.05. The number of ether oxygens (including phenoxy) is 2. The minimum atomic E-state index is -1.25. The molecule has 3 aliphatic heterocycles. The Kier molecular flexibility index (Phi) is 9.29. The van der Waals surface area contributed by atoms with Crippen molar-refractivity contribution in [2.24, 2.45) is 11.8 Å². The van der Waals surface area contributed by atoms with Gasteiger partial charge >= 0.3 is 0 Å². The molecule has 9 heteroatoms. The lowest BCUT2D eigenvalue weighted by molar-refractivity contribution is -0.147. The molecule has 1 N–H and O–H groups in total. The highest BCUT2D eigenvalue weighted by Crippen LogP contribution is 2.60. The summed E-state index contributed by atoms with van der Waals surface area (Å²) in [5.41, 5.74) is 0.994. The van der Waals surface area contributed by atoms with Gasteiger partial charge in [0.1, 0.15) is 17.4 Å². The number of carbonyl (C=O) groups is 3. The summed E-state index contributed by atoms with van der Waals surface area (Å²) >= 11 is 0. The van der Waals surface area contributed by atoms with Gasteiger partial charge in [-0.05, 0) is 48.2 Å². The summed E-state index contributed by atoms with van der Waals surface area (Å²) in [6.45, 7) is 8.18. The van der Waals surface area contributed by atoms with Gasteiger partial charge in [-0.15, -0.1) is 13.2 Å². The molecule has 6 rings (SSSR count). The molecule has 244 valence electrons. The van der Waals surface area contributed by atoms with E-state index in [9.17, 15) is 19.5 Å². The van der Waals surface area contributed by atoms with Gasteiger partial charge in [0, 0.05) is 25.3 Å². The average Bonchev–Trinajstić information content (AvgIpc) is 3.75. The summed E-state index contributed by atoms with van der Waals surface area (Å²) in [7, 11) is 1.57. The Morgan fingerprint density at radius 1 is 1.00 bits per heavy atom. The number of carbonyl (C=O) groups excluding carboxylic acids is 3. The molecular weight excluding hydrogens is 594 g/mol. The molecule has 3 aliphatic rings. The number of rotatable bonds is 13. The average molecular weight is 636 g/mol. The van der Waals surface area contributed by atoms with Gasteiger partial charge in [0.05, 0.1) is 37.7 Å². The molecule has 0 aliphatic carbocycles. The second kappa shape index (κ2) is 13.6. The molecule has 3 fully saturated rings. The van der Waals surface area contributed by atoms with Crippen LogP contribution in [0, 0.1) is 11.8 Å². The van der Waals surface area contributed by atoms with E-state index in [1.807, 2.05) is 60.7 Å². The van der Waals surface area contributed by atoms with Crippen molar-refractivity contribution in [2.45, 2.75) is 43.2 Å². The monoisotopic (exact) mass is 635 g/mol. The fourth-order valence-electron chi connectivity index (χ4n) is 7.78. The highest BCUT2D eigenvalue weighted by Gasteiger charge is 2.75. The van der Waals surface area contributed by atoms with E-state index in [2.05, 4.69) is 13.2 Å². The standard InChI is InChI=1S/C38H41N3O6/c1-4-22-39(24-26-12-8-6-9-13-26)35(43)32-31-20-21-38(47-31)33(32)36(44)41(30(25-42)27-14-10-7-11-15-27)34(38)37(45)40(23-5-2)28-16-18-29(46-3)19-17-28/h4-19,30-34,42H,1-2,20-25H2,3H3/t30-,31-,32+,33+,34?,38?/m1/s1. The fourth-order valence-corrected chi connectivity index (χ4v) is 7.78. The van der Waals surface area contributed by atoms with Gasteiger partial charge in [0.2, 0.25) is 11.8 Å². The highest BCUT2D eigenvalue weighted by atomic mass is 16.5. The number of methoxy groups -OCH3 is 1. The summed E-state index contributed by atoms with van der Waals surface area (Å²) in [5, 5.41) is 10.8. The van der Waals surface area contributed by atoms with Gasteiger partial charge in [-0.2, -0.15) is 0 Å². The molecule has 3 saturated heterocycles. The van der Waals surface area contributed by atoms with E-state index < -0.39 is 42.2 Å². The van der Waals surface area contributed by atoms with Crippen LogP contribution in [0.1, 0.15) is 30.0 Å². The zero-order valence-electron chi connectivity index (χ0n) is 26.6. The summed E-state index contributed by atoms with van der Waals surface area (Å²) in [6, 6.07) is 24.1. The lowest BCUT2D eigenvalue weighted by Gasteiger charge is -2.39. The number of likely N-dealkylation sites (tertiary alicyclic amines) is 1. The summed E-state index contributed by atoms with van der Waals surface area (Å²) in [5.74, 6) is -1.97. The molecule has 0 radical (unpaired) electrons. The van der Waals surface area contributed by atoms with Crippen molar-refractivity contribution in [3.8, 4) is 5.75 Å². The molecule has 3 aromatic carbocycles. The van der Waals surface area contributed by atoms with E-state index >= 15 is 0 Å². The third-order valence-corrected chi connectivity index (χ3v) is 9.79. The first-order valence-electron chi connectivity index (χ1n) is 16.0. The van der Waals surface area contributed by atoms with Crippen LogP contribution in [-0.2, 0) is 25.7 Å². The topological polar surface area (TPSA) is 99.6 Å². The Bertz CT molecular complexity index is 1610. The first kappa shape index (κ1) is 32.2. The number of anilines is 1. The number of nitrogens with zero attached hydrogens (tertiary/aromatic N) is 3. The minimum Gasteiger partial charge on any atom is -0.497 e. The molecule has 2 unspecified atom stereocenters. The van der Waals surface area contributed by atoms with E-state index in [0.717, 1.165) is 5.56 Å². The van der Waals surface area contributed by atoms with E-state index in [0.29, 0.717) is 42.9 Å². The van der Waals surface area contributed by atoms with E-state index in [1.54, 1.807) is 53.3 Å². The van der Waals surface area contributed by atoms with Crippen LogP contribution in [0.5, 0.6) is 5.75 Å². The second-order valence-corrected chi connectivity index (χ2v) is 12.3. The molecule has 47 heavy (non-hydrogen) atoms. The molecule has 9 nitrogen and oxygen atoms in total. The molecule has 0 aromatic heterocycles. The zero-order chi connectivity index (χ0) is 33.1. The van der Waals surface area contributed by atoms with Gasteiger partial charge in [0.25, 0.3) is 5.91 Å². The predicted octanol–water partition coefficient (Wildman–Crippen LogP) is 4.54. The van der Waals surface area contributed by atoms with Gasteiger partial charge in [-0.3, -0.25) is 14.4 Å². The van der Waals surface area contributed by atoms with Gasteiger partial charge in [-0.1, -0.05) is 72.8 Å². The van der Waals surface area contributed by atoms with Crippen LogP contribution in [0.2, 0.25) is 0 Å². The number of hydrogen-bond acceptors (Lipinski definition) is 6. The quantitative estimate of drug-likeness (QED) is 0.277. The van der Waals surface area contributed by atoms with Crippen LogP contribution >= 0.6 is 0 Å². The molecular formula is C38H41N3O6. The second-order valence-electron chi connectivity index (χ2n) is 12.3. The Morgan fingerprint density at radius 3 is 2.28 bits per heavy atom. The van der Waals surface area contributed by atoms with Crippen LogP contribution < -0.4 is 9.64 Å². The number of fused-ring (bicyclic) bond motifs is 1. The Balaban J connectivity index is 1.44. The maximum atomic E-state index is 15.0. The summed E-state index contributed by atoms with van der Waals surface area (Å²) < 4.78 is 12.1. The van der Waals surface area contributed by atoms with Crippen molar-refractivity contribution in [3.63, 3.8) is 0 Å². The number of aliphatic hydroxyl groups is 1. The summed E-state index contributed by atoms with van der Waals surface area (Å²) in [6.07, 6.45) is 3.76. The van der Waals surface area contributed by atoms with E-state index in [4.69, 9.17) is 9.47 Å². The van der Waals surface area contributed by atoms with Crippen molar-refractivity contribution < 1.29 is 29.0 Å². The number of amides is 3. The fraction of sp³-hybridized carbons (Fsp3) is 0.342. The van der Waals surface area contributed by atoms with E-state index in [1.165, 1.54) is 4.90 Å². The smallest absolute Gasteiger partial charge is 0.253 e. The van der Waals surface area contributed by atoms with Crippen LogP contribution in [0.15, 0.2) is 110 Å². The number of benzene rings is 3. The Labute approximate surface area is 275 Å². The van der Waals surface area contributed by atoms with Gasteiger partial charge in [0.15, 0.2) is 0 Å². The van der Waals surface area contributed by atoms with Crippen molar-refractivity contribution >= 4 is 23.4 Å². The SMILES string of the molecule is C=CCN(Cc1ccccc1)C(=O)[C@@H]1[C@H]2C(=O)N([C@H](CO)c3ccccc3)C(C(=O)N(CC=C)c3ccc(OC)cc3)C23CC[C@H]1O3. The molecule has 3 amide bonds. The Morgan fingerprint density at radius 2 is 1.66 bits per heavy atom. The molecule has 1 spiro atoms. The van der Waals surface area contributed by atoms with Crippen molar-refractivity contribution in [1.29, 1.82) is 0 Å². The van der Waals surface area contributed by atoms with Crippen molar-refractivity contribution in [3.05, 3.63) is 121 Å². The lowest BCUT2D eigenvalue weighted by atomic mass is 9.70. The third-order valence-electron chi connectivity index (χ3n) is 9.79. The molecule has 6 atom stereocenters. The maximum Gasteiger partial charge on any atom is 0.253 e. The molecule has 0 saturated carbocycles. The normalized spacial score (nSPS) is 24.8. The van der Waals surface area contributed by atoms with Crippen molar-refractivity contribution in [1.82, 2.24) is 9.80 Å². The Hall–Kier alpha value is -4.73. The molecule has 3 heterocycles. The largest absolute Gasteiger partial charge is 0.497 e.